The van der Waals surface area contributed by atoms with E-state index >= 15 is 0 Å². The maximum Gasteiger partial charge on any atom is 0.0778 e. The topological polar surface area (TPSA) is 96.4 Å². The van der Waals surface area contributed by atoms with E-state index in [-0.39, 0.29) is 0 Å². The van der Waals surface area contributed by atoms with Crippen LogP contribution < -0.4 is 10.6 Å². The largest absolute Gasteiger partial charge is 0.784 e. The zero-order valence-corrected chi connectivity index (χ0v) is 16.7. The Hall–Kier alpha value is -0.0100. The molecule has 0 heterocycles. The van der Waals surface area contributed by atoms with Crippen molar-refractivity contribution >= 4 is 11.4 Å². The van der Waals surface area contributed by atoms with E-state index in [0.717, 1.165) is 23.7 Å². The summed E-state index contributed by atoms with van der Waals surface area (Å²) < 4.78 is 25.3. The summed E-state index contributed by atoms with van der Waals surface area (Å²) in [5.74, 6) is 3.35. The van der Waals surface area contributed by atoms with Gasteiger partial charge in [0.1, 0.15) is 0 Å². The quantitative estimate of drug-likeness (QED) is 0.637. The van der Waals surface area contributed by atoms with Crippen LogP contribution in [0.4, 0.5) is 0 Å². The van der Waals surface area contributed by atoms with Gasteiger partial charge in [0.15, 0.2) is 0 Å². The monoisotopic (exact) mass is 340 g/mol. The molecule has 0 aliphatic heterocycles. The minimum Gasteiger partial charge on any atom is -0.784 e. The normalized spacial score (nSPS) is 10.9. The van der Waals surface area contributed by atoms with Crippen LogP contribution in [0.15, 0.2) is 0 Å². The first-order chi connectivity index (χ1) is 9.98. The molecule has 0 atom stereocenters. The van der Waals surface area contributed by atoms with Gasteiger partial charge in [-0.1, -0.05) is 55.4 Å². The molecule has 0 radical (unpaired) electrons. The predicted molar refractivity (Wildman–Crippen MR) is 92.4 cm³/mol. The first-order valence-electron chi connectivity index (χ1n) is 8.38. The van der Waals surface area contributed by atoms with Gasteiger partial charge in [0, 0.05) is 23.7 Å². The van der Waals surface area contributed by atoms with Gasteiger partial charge in [-0.2, -0.15) is 0 Å². The van der Waals surface area contributed by atoms with Crippen molar-refractivity contribution in [2.45, 2.75) is 55.4 Å². The van der Waals surface area contributed by atoms with Gasteiger partial charge in [0.25, 0.3) is 0 Å². The number of quaternary nitrogens is 2. The highest BCUT2D eigenvalue weighted by molar-refractivity contribution is 7.72. The first-order valence-corrected chi connectivity index (χ1v) is 9.38. The zero-order chi connectivity index (χ0) is 18.1. The predicted octanol–water partition coefficient (Wildman–Crippen LogP) is 0.720. The molecule has 0 aromatic heterocycles. The molecule has 0 aliphatic carbocycles. The smallest absolute Gasteiger partial charge is 0.0778 e. The summed E-state index contributed by atoms with van der Waals surface area (Å²) in [6.45, 7) is 23.2. The summed E-state index contributed by atoms with van der Waals surface area (Å²) >= 11 is -3.11. The summed E-state index contributed by atoms with van der Waals surface area (Å²) in [5, 5.41) is 4.80. The second-order valence-corrected chi connectivity index (χ2v) is 7.71. The van der Waals surface area contributed by atoms with Crippen molar-refractivity contribution in [1.29, 1.82) is 0 Å². The molecule has 0 unspecified atom stereocenters. The number of rotatable bonds is 8. The second-order valence-electron chi connectivity index (χ2n) is 7.30. The van der Waals surface area contributed by atoms with Crippen LogP contribution in [-0.2, 0) is 11.4 Å². The summed E-state index contributed by atoms with van der Waals surface area (Å²) in [4.78, 5) is 0. The van der Waals surface area contributed by atoms with Crippen LogP contribution in [0.1, 0.15) is 55.4 Å². The molecule has 138 valence electrons. The third kappa shape index (κ3) is 50.1. The molecular weight excluding hydrogens is 300 g/mol. The summed E-state index contributed by atoms with van der Waals surface area (Å²) in [6.07, 6.45) is 0. The Morgan fingerprint density at radius 3 is 0.864 bits per heavy atom. The Labute approximate surface area is 141 Å². The fourth-order valence-corrected chi connectivity index (χ4v) is 1.53. The minimum absolute atomic E-state index is 0.837. The number of hydrogen-bond acceptors (Lipinski definition) is 3. The van der Waals surface area contributed by atoms with E-state index in [0.29, 0.717) is 0 Å². The van der Waals surface area contributed by atoms with Crippen molar-refractivity contribution in [2.75, 3.05) is 26.2 Å². The van der Waals surface area contributed by atoms with Crippen molar-refractivity contribution < 1.29 is 23.9 Å². The first kappa shape index (κ1) is 26.9. The van der Waals surface area contributed by atoms with E-state index in [2.05, 4.69) is 66.0 Å². The average molecular weight is 341 g/mol. The van der Waals surface area contributed by atoms with E-state index in [1.807, 2.05) is 0 Å². The Kier molecular flexibility index (Phi) is 23.2. The highest BCUT2D eigenvalue weighted by Gasteiger charge is 1.98. The van der Waals surface area contributed by atoms with Gasteiger partial charge in [-0.3, -0.25) is 4.21 Å². The van der Waals surface area contributed by atoms with Gasteiger partial charge in [0.2, 0.25) is 0 Å². The summed E-state index contributed by atoms with van der Waals surface area (Å²) in [7, 11) is 0. The van der Waals surface area contributed by atoms with Gasteiger partial charge < -0.3 is 19.7 Å². The Bertz CT molecular complexity index is 197. The third-order valence-corrected chi connectivity index (χ3v) is 2.55. The van der Waals surface area contributed by atoms with Crippen molar-refractivity contribution in [3.8, 4) is 0 Å². The molecule has 0 bridgehead atoms. The Morgan fingerprint density at radius 1 is 0.636 bits per heavy atom. The molecule has 0 amide bonds. The summed E-state index contributed by atoms with van der Waals surface area (Å²) in [5.41, 5.74) is 0. The second kappa shape index (κ2) is 19.0. The number of hydrogen-bond donors (Lipinski definition) is 2. The van der Waals surface area contributed by atoms with Crippen molar-refractivity contribution in [1.82, 2.24) is 0 Å². The molecular formula is C16H40N2O3S. The van der Waals surface area contributed by atoms with Crippen LogP contribution in [0.2, 0.25) is 0 Å². The van der Waals surface area contributed by atoms with E-state index in [4.69, 9.17) is 13.3 Å². The molecule has 0 aromatic rings. The SMILES string of the molecule is CC(C)C[NH2+]CC(C)C.CC(C)C[NH2+]CC(C)C.O=S([O-])[O-]. The molecule has 0 saturated carbocycles. The zero-order valence-electron chi connectivity index (χ0n) is 15.9. The molecule has 0 saturated heterocycles. The number of nitrogens with two attached hydrogens (primary N) is 2. The lowest BCUT2D eigenvalue weighted by atomic mass is 10.2. The third-order valence-electron chi connectivity index (χ3n) is 2.55. The molecule has 4 N–H and O–H groups in total. The average Bonchev–Trinajstić information content (AvgIpc) is 2.26. The molecule has 0 rings (SSSR count). The summed E-state index contributed by atoms with van der Waals surface area (Å²) in [6, 6.07) is 0. The van der Waals surface area contributed by atoms with Crippen LogP contribution >= 0.6 is 0 Å². The maximum absolute atomic E-state index is 8.44. The van der Waals surface area contributed by atoms with Gasteiger partial charge in [-0.15, -0.1) is 11.4 Å². The van der Waals surface area contributed by atoms with Gasteiger partial charge in [-0.25, -0.2) is 0 Å². The van der Waals surface area contributed by atoms with Crippen molar-refractivity contribution in [2.24, 2.45) is 23.7 Å². The minimum atomic E-state index is -3.11. The van der Waals surface area contributed by atoms with Gasteiger partial charge >= 0.3 is 0 Å². The molecule has 0 spiro atoms. The Morgan fingerprint density at radius 2 is 0.773 bits per heavy atom. The Balaban J connectivity index is -0.000000266. The van der Waals surface area contributed by atoms with E-state index < -0.39 is 11.4 Å². The molecule has 0 fully saturated rings. The lowest BCUT2D eigenvalue weighted by molar-refractivity contribution is -0.664. The fraction of sp³-hybridized carbons (Fsp3) is 1.00. The van der Waals surface area contributed by atoms with Crippen molar-refractivity contribution in [3.63, 3.8) is 0 Å². The van der Waals surface area contributed by atoms with E-state index in [1.165, 1.54) is 26.2 Å². The van der Waals surface area contributed by atoms with Crippen LogP contribution in [0, 0.1) is 23.7 Å². The van der Waals surface area contributed by atoms with E-state index in [9.17, 15) is 0 Å². The molecule has 5 nitrogen and oxygen atoms in total. The highest BCUT2D eigenvalue weighted by Crippen LogP contribution is 1.85. The van der Waals surface area contributed by atoms with Crippen LogP contribution in [0.3, 0.4) is 0 Å². The van der Waals surface area contributed by atoms with Crippen LogP contribution in [-0.4, -0.2) is 39.5 Å². The lowest BCUT2D eigenvalue weighted by Gasteiger charge is -2.05. The molecule has 6 heteroatoms. The van der Waals surface area contributed by atoms with Gasteiger partial charge in [0.05, 0.1) is 26.2 Å². The van der Waals surface area contributed by atoms with Crippen molar-refractivity contribution in [3.05, 3.63) is 0 Å². The van der Waals surface area contributed by atoms with E-state index in [1.54, 1.807) is 0 Å². The maximum atomic E-state index is 8.44. The van der Waals surface area contributed by atoms with Crippen LogP contribution in [0.5, 0.6) is 0 Å². The molecule has 0 aliphatic rings. The molecule has 0 aromatic carbocycles. The van der Waals surface area contributed by atoms with Gasteiger partial charge in [-0.05, 0) is 0 Å². The molecule has 22 heavy (non-hydrogen) atoms. The van der Waals surface area contributed by atoms with Crippen LogP contribution in [0.25, 0.3) is 0 Å². The lowest BCUT2D eigenvalue weighted by Crippen LogP contribution is -2.86. The standard InChI is InChI=1S/2C8H19N.H2O3S/c2*1-7(2)5-9-6-8(3)4;1-4(2)3/h2*7-9H,5-6H2,1-4H3;(H2,1,2,3). The highest BCUT2D eigenvalue weighted by atomic mass is 32.2. The fourth-order valence-electron chi connectivity index (χ4n) is 1.53.